The number of para-hydroxylation sites is 4. The Morgan fingerprint density at radius 2 is 0.667 bits per heavy atom. The molecule has 0 aliphatic heterocycles. The van der Waals surface area contributed by atoms with Gasteiger partial charge in [0.05, 0.1) is 33.4 Å². The minimum Gasteiger partial charge on any atom is -0.307 e. The molecule has 0 aliphatic carbocycles. The highest BCUT2D eigenvalue weighted by Gasteiger charge is 2.42. The summed E-state index contributed by atoms with van der Waals surface area (Å²) < 4.78 is 5.08. The molecule has 2 heterocycles. The van der Waals surface area contributed by atoms with Crippen LogP contribution in [0.15, 0.2) is 255 Å². The summed E-state index contributed by atoms with van der Waals surface area (Å²) in [5, 5.41) is 10.3. The number of benzene rings is 10. The Kier molecular flexibility index (Phi) is 8.87. The van der Waals surface area contributed by atoms with Crippen LogP contribution in [0.3, 0.4) is 0 Å². The van der Waals surface area contributed by atoms with Gasteiger partial charge in [-0.05, 0) is 56.1 Å². The van der Waals surface area contributed by atoms with Crippen molar-refractivity contribution in [2.75, 3.05) is 0 Å². The quantitative estimate of drug-likeness (QED) is 0.107. The van der Waals surface area contributed by atoms with E-state index in [0.29, 0.717) is 0 Å². The van der Waals surface area contributed by atoms with Crippen LogP contribution in [-0.2, 0) is 0 Å². The Morgan fingerprint density at radius 3 is 1.24 bits per heavy atom. The maximum atomic E-state index is 2.57. The zero-order chi connectivity index (χ0) is 41.7. The first-order chi connectivity index (χ1) is 31.3. The number of aromatic nitrogens is 2. The van der Waals surface area contributed by atoms with E-state index in [4.69, 9.17) is 0 Å². The van der Waals surface area contributed by atoms with Crippen LogP contribution in [0.4, 0.5) is 0 Å². The Bertz CT molecular complexity index is 3500. The van der Waals surface area contributed by atoms with E-state index in [1.807, 2.05) is 0 Å². The van der Waals surface area contributed by atoms with Crippen LogP contribution in [0.1, 0.15) is 0 Å². The fraction of sp³-hybridized carbons (Fsp3) is 0. The molecule has 2 nitrogen and oxygen atoms in total. The van der Waals surface area contributed by atoms with Gasteiger partial charge in [0.1, 0.15) is 0 Å². The van der Waals surface area contributed by atoms with Crippen LogP contribution >= 0.6 is 0 Å². The fourth-order valence-corrected chi connectivity index (χ4v) is 15.2. The maximum Gasteiger partial charge on any atom is 0.179 e. The topological polar surface area (TPSA) is 9.86 Å². The Morgan fingerprint density at radius 1 is 0.254 bits per heavy atom. The second kappa shape index (κ2) is 15.2. The van der Waals surface area contributed by atoms with Crippen molar-refractivity contribution in [1.82, 2.24) is 9.13 Å². The van der Waals surface area contributed by atoms with Crippen molar-refractivity contribution >= 4 is 72.4 Å². The first-order valence-electron chi connectivity index (χ1n) is 21.8. The van der Waals surface area contributed by atoms with Crippen LogP contribution in [0.5, 0.6) is 0 Å². The molecule has 0 fully saturated rings. The van der Waals surface area contributed by atoms with Crippen molar-refractivity contribution in [2.24, 2.45) is 0 Å². The predicted octanol–water partition coefficient (Wildman–Crippen LogP) is 12.6. The highest BCUT2D eigenvalue weighted by molar-refractivity contribution is 7.20. The van der Waals surface area contributed by atoms with E-state index in [1.165, 1.54) is 86.6 Å². The highest BCUT2D eigenvalue weighted by atomic mass is 28.3. The average molecular weight is 819 g/mol. The number of fused-ring (bicyclic) bond motifs is 6. The van der Waals surface area contributed by atoms with Crippen LogP contribution in [-0.4, -0.2) is 17.2 Å². The van der Waals surface area contributed by atoms with E-state index in [9.17, 15) is 0 Å². The molecule has 12 rings (SSSR count). The largest absolute Gasteiger partial charge is 0.307 e. The van der Waals surface area contributed by atoms with E-state index >= 15 is 0 Å². The van der Waals surface area contributed by atoms with E-state index in [1.54, 1.807) is 0 Å². The van der Waals surface area contributed by atoms with Crippen LogP contribution in [0.2, 0.25) is 0 Å². The molecule has 0 N–H and O–H groups in total. The van der Waals surface area contributed by atoms with Crippen LogP contribution in [0.25, 0.3) is 77.2 Å². The van der Waals surface area contributed by atoms with Crippen LogP contribution < -0.4 is 20.7 Å². The molecular weight excluding hydrogens is 777 g/mol. The molecule has 0 unspecified atom stereocenters. The molecule has 12 aromatic rings. The standard InChI is InChI=1S/C60H42N2Si/c1-6-23-43(24-7-1)49-33-16-19-37-55(49)61-56-38-20-17-34-50(56)52-36-22-40-58(60(52)61)62-57-39-21-18-35-51(57)54-42-48(41-53(59(54)62)44-25-8-2-9-26-44)63(45-27-10-3-11-28-45,46-29-12-4-13-30-46)47-31-14-5-15-32-47/h1-42H. The number of nitrogens with zero attached hydrogens (tertiary/aromatic N) is 2. The number of hydrogen-bond donors (Lipinski definition) is 0. The summed E-state index contributed by atoms with van der Waals surface area (Å²) in [6.45, 7) is 0. The summed E-state index contributed by atoms with van der Waals surface area (Å²) in [5.41, 5.74) is 11.8. The van der Waals surface area contributed by atoms with Gasteiger partial charge in [0, 0.05) is 32.7 Å². The third-order valence-electron chi connectivity index (χ3n) is 13.1. The summed E-state index contributed by atoms with van der Waals surface area (Å²) in [5.74, 6) is 0. The second-order valence-electron chi connectivity index (χ2n) is 16.4. The van der Waals surface area contributed by atoms with Gasteiger partial charge in [0.25, 0.3) is 0 Å². The molecule has 0 bridgehead atoms. The molecule has 2 aromatic heterocycles. The number of rotatable bonds is 8. The third kappa shape index (κ3) is 5.78. The van der Waals surface area contributed by atoms with Gasteiger partial charge in [0.2, 0.25) is 0 Å². The molecule has 0 saturated heterocycles. The summed E-state index contributed by atoms with van der Waals surface area (Å²) in [6.07, 6.45) is 0. The van der Waals surface area contributed by atoms with Gasteiger partial charge >= 0.3 is 0 Å². The minimum absolute atomic E-state index is 1.14. The lowest BCUT2D eigenvalue weighted by molar-refractivity contribution is 1.13. The SMILES string of the molecule is c1ccc(-c2ccccc2-n2c3ccccc3c3cccc(-n4c5ccccc5c5cc([Si](c6ccccc6)(c6ccccc6)c6ccccc6)cc(-c6ccccc6)c54)c32)cc1. The van der Waals surface area contributed by atoms with Gasteiger partial charge in [-0.25, -0.2) is 0 Å². The molecule has 296 valence electrons. The first kappa shape index (κ1) is 36.8. The average Bonchev–Trinajstić information content (AvgIpc) is 3.89. The molecule has 0 radical (unpaired) electrons. The smallest absolute Gasteiger partial charge is 0.179 e. The number of hydrogen-bond acceptors (Lipinski definition) is 0. The molecule has 0 amide bonds. The second-order valence-corrected chi connectivity index (χ2v) is 20.2. The van der Waals surface area contributed by atoms with Crippen molar-refractivity contribution in [3.05, 3.63) is 255 Å². The predicted molar refractivity (Wildman–Crippen MR) is 270 cm³/mol. The maximum absolute atomic E-state index is 2.91. The van der Waals surface area contributed by atoms with E-state index in [2.05, 4.69) is 264 Å². The van der Waals surface area contributed by atoms with Crippen LogP contribution in [0, 0.1) is 0 Å². The zero-order valence-corrected chi connectivity index (χ0v) is 35.6. The molecule has 0 saturated carbocycles. The van der Waals surface area contributed by atoms with Crippen molar-refractivity contribution in [3.63, 3.8) is 0 Å². The first-order valence-corrected chi connectivity index (χ1v) is 23.8. The molecule has 10 aromatic carbocycles. The Hall–Kier alpha value is -7.98. The van der Waals surface area contributed by atoms with Gasteiger partial charge in [-0.1, -0.05) is 231 Å². The third-order valence-corrected chi connectivity index (χ3v) is 17.8. The van der Waals surface area contributed by atoms with E-state index in [0.717, 1.165) is 11.4 Å². The van der Waals surface area contributed by atoms with Crippen molar-refractivity contribution in [1.29, 1.82) is 0 Å². The molecule has 3 heteroatoms. The lowest BCUT2D eigenvalue weighted by Gasteiger charge is -2.35. The summed E-state index contributed by atoms with van der Waals surface area (Å²) >= 11 is 0. The van der Waals surface area contributed by atoms with Gasteiger partial charge in [-0.3, -0.25) is 0 Å². The van der Waals surface area contributed by atoms with E-state index in [-0.39, 0.29) is 0 Å². The summed E-state index contributed by atoms with van der Waals surface area (Å²) in [7, 11) is -2.91. The summed E-state index contributed by atoms with van der Waals surface area (Å²) in [6, 6.07) is 94.4. The zero-order valence-electron chi connectivity index (χ0n) is 34.6. The molecule has 0 atom stereocenters. The fourth-order valence-electron chi connectivity index (χ4n) is 10.4. The summed E-state index contributed by atoms with van der Waals surface area (Å²) in [4.78, 5) is 0. The van der Waals surface area contributed by atoms with Gasteiger partial charge in [0.15, 0.2) is 8.07 Å². The van der Waals surface area contributed by atoms with Gasteiger partial charge < -0.3 is 9.13 Å². The normalized spacial score (nSPS) is 11.8. The molecule has 0 spiro atoms. The lowest BCUT2D eigenvalue weighted by atomic mass is 10.0. The van der Waals surface area contributed by atoms with Gasteiger partial charge in [-0.2, -0.15) is 0 Å². The molecular formula is C60H42N2Si. The van der Waals surface area contributed by atoms with Crippen molar-refractivity contribution in [3.8, 4) is 33.6 Å². The van der Waals surface area contributed by atoms with Crippen molar-refractivity contribution in [2.45, 2.75) is 0 Å². The highest BCUT2D eigenvalue weighted by Crippen LogP contribution is 2.43. The van der Waals surface area contributed by atoms with Crippen molar-refractivity contribution < 1.29 is 0 Å². The van der Waals surface area contributed by atoms with Gasteiger partial charge in [-0.15, -0.1) is 0 Å². The minimum atomic E-state index is -2.91. The Labute approximate surface area is 368 Å². The lowest BCUT2D eigenvalue weighted by Crippen LogP contribution is -2.74. The van der Waals surface area contributed by atoms with E-state index < -0.39 is 8.07 Å². The Balaban J connectivity index is 1.25. The molecule has 63 heavy (non-hydrogen) atoms. The monoisotopic (exact) mass is 818 g/mol. The molecule has 0 aliphatic rings.